The molecular formula is C17H18FNO2. The van der Waals surface area contributed by atoms with E-state index in [1.54, 1.807) is 19.2 Å². The van der Waals surface area contributed by atoms with Crippen LogP contribution in [0.2, 0.25) is 0 Å². The Morgan fingerprint density at radius 2 is 1.90 bits per heavy atom. The first-order chi connectivity index (χ1) is 10.1. The van der Waals surface area contributed by atoms with Gasteiger partial charge < -0.3 is 10.1 Å². The van der Waals surface area contributed by atoms with Crippen molar-refractivity contribution in [3.8, 4) is 5.75 Å². The van der Waals surface area contributed by atoms with Crippen molar-refractivity contribution in [3.05, 3.63) is 65.0 Å². The van der Waals surface area contributed by atoms with Crippen LogP contribution in [0.15, 0.2) is 42.5 Å². The highest BCUT2D eigenvalue weighted by atomic mass is 19.1. The maximum absolute atomic E-state index is 14.4. The minimum absolute atomic E-state index is 0.0925. The van der Waals surface area contributed by atoms with Crippen LogP contribution in [0.5, 0.6) is 5.75 Å². The number of hydrogen-bond acceptors (Lipinski definition) is 3. The second kappa shape index (κ2) is 6.99. The first kappa shape index (κ1) is 15.2. The van der Waals surface area contributed by atoms with Crippen molar-refractivity contribution in [2.24, 2.45) is 0 Å². The van der Waals surface area contributed by atoms with Gasteiger partial charge in [0.15, 0.2) is 17.3 Å². The van der Waals surface area contributed by atoms with Crippen LogP contribution >= 0.6 is 0 Å². The molecule has 2 rings (SSSR count). The molecule has 21 heavy (non-hydrogen) atoms. The van der Waals surface area contributed by atoms with Gasteiger partial charge in [0, 0.05) is 6.54 Å². The molecule has 2 aromatic carbocycles. The smallest absolute Gasteiger partial charge is 0.176 e. The first-order valence-electron chi connectivity index (χ1n) is 6.77. The summed E-state index contributed by atoms with van der Waals surface area (Å²) in [5.74, 6) is -0.794. The molecule has 0 aliphatic carbocycles. The maximum Gasteiger partial charge on any atom is 0.176 e. The van der Waals surface area contributed by atoms with E-state index in [9.17, 15) is 9.18 Å². The summed E-state index contributed by atoms with van der Waals surface area (Å²) < 4.78 is 19.9. The molecule has 2 aromatic rings. The van der Waals surface area contributed by atoms with Crippen molar-refractivity contribution < 1.29 is 13.9 Å². The fourth-order valence-electron chi connectivity index (χ4n) is 2.16. The normalized spacial score (nSPS) is 10.4. The number of hydrogen-bond donors (Lipinski definition) is 1. The van der Waals surface area contributed by atoms with Crippen LogP contribution in [0, 0.1) is 5.82 Å². The van der Waals surface area contributed by atoms with Gasteiger partial charge in [0.05, 0.1) is 5.56 Å². The van der Waals surface area contributed by atoms with Gasteiger partial charge in [-0.25, -0.2) is 4.39 Å². The lowest BCUT2D eigenvalue weighted by Crippen LogP contribution is -2.12. The van der Waals surface area contributed by atoms with Gasteiger partial charge in [-0.1, -0.05) is 36.4 Å². The zero-order valence-electron chi connectivity index (χ0n) is 12.2. The van der Waals surface area contributed by atoms with E-state index < -0.39 is 5.82 Å². The Morgan fingerprint density at radius 3 is 2.52 bits per heavy atom. The first-order valence-corrected chi connectivity index (χ1v) is 6.77. The van der Waals surface area contributed by atoms with Crippen molar-refractivity contribution in [2.45, 2.75) is 20.1 Å². The van der Waals surface area contributed by atoms with Crippen LogP contribution in [0.4, 0.5) is 4.39 Å². The van der Waals surface area contributed by atoms with Crippen LogP contribution in [-0.2, 0) is 13.2 Å². The lowest BCUT2D eigenvalue weighted by atomic mass is 10.0. The zero-order chi connectivity index (χ0) is 15.2. The van der Waals surface area contributed by atoms with Gasteiger partial charge in [-0.15, -0.1) is 0 Å². The molecule has 0 aromatic heterocycles. The van der Waals surface area contributed by atoms with Crippen LogP contribution < -0.4 is 10.1 Å². The Morgan fingerprint density at radius 1 is 1.19 bits per heavy atom. The number of halogens is 1. The van der Waals surface area contributed by atoms with Gasteiger partial charge in [-0.3, -0.25) is 4.79 Å². The zero-order valence-corrected chi connectivity index (χ0v) is 12.2. The van der Waals surface area contributed by atoms with Crippen molar-refractivity contribution in [1.29, 1.82) is 0 Å². The van der Waals surface area contributed by atoms with Crippen molar-refractivity contribution in [2.75, 3.05) is 7.05 Å². The molecule has 0 amide bonds. The van der Waals surface area contributed by atoms with E-state index in [0.717, 1.165) is 5.56 Å². The third-order valence-corrected chi connectivity index (χ3v) is 3.15. The second-order valence-corrected chi connectivity index (χ2v) is 4.77. The molecule has 0 aliphatic rings. The fraction of sp³-hybridized carbons (Fsp3) is 0.235. The third kappa shape index (κ3) is 3.67. The van der Waals surface area contributed by atoms with Crippen molar-refractivity contribution >= 4 is 5.78 Å². The number of Topliss-reactive ketones (excluding diaryl/α,β-unsaturated/α-hetero) is 1. The lowest BCUT2D eigenvalue weighted by Gasteiger charge is -2.13. The highest BCUT2D eigenvalue weighted by Crippen LogP contribution is 2.25. The number of ether oxygens (including phenoxy) is 1. The Bertz CT molecular complexity index is 626. The monoisotopic (exact) mass is 287 g/mol. The standard InChI is InChI=1S/C17H18FNO2/c1-12(20)16-14(10-19-2)8-9-15(17(16)18)21-11-13-6-4-3-5-7-13/h3-9,19H,10-11H2,1-2H3. The molecule has 0 unspecified atom stereocenters. The number of ketones is 1. The molecule has 0 aliphatic heterocycles. The molecule has 0 heterocycles. The summed E-state index contributed by atoms with van der Waals surface area (Å²) >= 11 is 0. The molecule has 3 nitrogen and oxygen atoms in total. The van der Waals surface area contributed by atoms with E-state index in [4.69, 9.17) is 4.74 Å². The summed E-state index contributed by atoms with van der Waals surface area (Å²) in [5, 5.41) is 2.92. The molecule has 0 saturated heterocycles. The van der Waals surface area contributed by atoms with Gasteiger partial charge in [-0.2, -0.15) is 0 Å². The average Bonchev–Trinajstić information content (AvgIpc) is 2.47. The van der Waals surface area contributed by atoms with Crippen LogP contribution in [0.1, 0.15) is 28.4 Å². The maximum atomic E-state index is 14.4. The van der Waals surface area contributed by atoms with E-state index in [2.05, 4.69) is 5.32 Å². The fourth-order valence-corrected chi connectivity index (χ4v) is 2.16. The highest BCUT2D eigenvalue weighted by Gasteiger charge is 2.17. The Kier molecular flexibility index (Phi) is 5.06. The molecule has 1 N–H and O–H groups in total. The number of carbonyl (C=O) groups excluding carboxylic acids is 1. The van der Waals surface area contributed by atoms with Crippen molar-refractivity contribution in [1.82, 2.24) is 5.32 Å². The van der Waals surface area contributed by atoms with E-state index in [1.165, 1.54) is 6.92 Å². The number of carbonyl (C=O) groups is 1. The number of nitrogens with one attached hydrogen (secondary N) is 1. The predicted octanol–water partition coefficient (Wildman–Crippen LogP) is 3.33. The summed E-state index contributed by atoms with van der Waals surface area (Å²) in [6.07, 6.45) is 0. The summed E-state index contributed by atoms with van der Waals surface area (Å²) in [6.45, 7) is 2.06. The Labute approximate surface area is 123 Å². The van der Waals surface area contributed by atoms with Crippen molar-refractivity contribution in [3.63, 3.8) is 0 Å². The van der Waals surface area contributed by atoms with Gasteiger partial charge in [0.25, 0.3) is 0 Å². The molecule has 110 valence electrons. The topological polar surface area (TPSA) is 38.3 Å². The quantitative estimate of drug-likeness (QED) is 0.828. The molecule has 0 spiro atoms. The number of benzene rings is 2. The van der Waals surface area contributed by atoms with Crippen LogP contribution in [0.3, 0.4) is 0 Å². The Balaban J connectivity index is 2.24. The van der Waals surface area contributed by atoms with E-state index in [0.29, 0.717) is 12.1 Å². The van der Waals surface area contributed by atoms with E-state index in [-0.39, 0.29) is 23.7 Å². The van der Waals surface area contributed by atoms with Gasteiger partial charge in [0.1, 0.15) is 6.61 Å². The molecule has 0 saturated carbocycles. The molecule has 0 radical (unpaired) electrons. The summed E-state index contributed by atoms with van der Waals surface area (Å²) in [6, 6.07) is 12.8. The lowest BCUT2D eigenvalue weighted by molar-refractivity contribution is 0.101. The average molecular weight is 287 g/mol. The minimum atomic E-state index is -0.591. The molecule has 0 fully saturated rings. The molecule has 0 atom stereocenters. The highest BCUT2D eigenvalue weighted by molar-refractivity contribution is 5.96. The van der Waals surface area contributed by atoms with Gasteiger partial charge >= 0.3 is 0 Å². The van der Waals surface area contributed by atoms with E-state index in [1.807, 2.05) is 30.3 Å². The Hall–Kier alpha value is -2.20. The molecular weight excluding hydrogens is 269 g/mol. The van der Waals surface area contributed by atoms with Crippen LogP contribution in [-0.4, -0.2) is 12.8 Å². The summed E-state index contributed by atoms with van der Waals surface area (Å²) in [4.78, 5) is 11.7. The molecule has 4 heteroatoms. The SMILES string of the molecule is CNCc1ccc(OCc2ccccc2)c(F)c1C(C)=O. The van der Waals surface area contributed by atoms with Crippen LogP contribution in [0.25, 0.3) is 0 Å². The third-order valence-electron chi connectivity index (χ3n) is 3.15. The number of rotatable bonds is 6. The van der Waals surface area contributed by atoms with Gasteiger partial charge in [-0.05, 0) is 31.2 Å². The van der Waals surface area contributed by atoms with Gasteiger partial charge in [0.2, 0.25) is 0 Å². The largest absolute Gasteiger partial charge is 0.486 e. The van der Waals surface area contributed by atoms with E-state index >= 15 is 0 Å². The minimum Gasteiger partial charge on any atom is -0.486 e. The summed E-state index contributed by atoms with van der Waals surface area (Å²) in [7, 11) is 1.75. The second-order valence-electron chi connectivity index (χ2n) is 4.77. The molecule has 0 bridgehead atoms. The predicted molar refractivity (Wildman–Crippen MR) is 79.9 cm³/mol. The summed E-state index contributed by atoms with van der Waals surface area (Å²) in [5.41, 5.74) is 1.67.